The topological polar surface area (TPSA) is 337 Å². The second-order valence-electron chi connectivity index (χ2n) is 23.4. The van der Waals surface area contributed by atoms with E-state index in [4.69, 9.17) is 52.8 Å². The summed E-state index contributed by atoms with van der Waals surface area (Å²) < 4.78 is 50.8. The summed E-state index contributed by atoms with van der Waals surface area (Å²) in [5, 5.41) is 106. The average Bonchev–Trinajstić information content (AvgIpc) is 1.72. The van der Waals surface area contributed by atoms with E-state index in [1.54, 1.807) is 14.7 Å². The van der Waals surface area contributed by atoms with Crippen LogP contribution < -0.4 is 33.7 Å². The lowest BCUT2D eigenvalue weighted by Gasteiger charge is -2.24. The maximum Gasteiger partial charge on any atom is 0.119 e. The molecule has 0 saturated carbocycles. The Bertz CT molecular complexity index is 2630. The molecule has 0 radical (unpaired) electrons. The predicted molar refractivity (Wildman–Crippen MR) is 360 cm³/mol. The third-order valence-electron chi connectivity index (χ3n) is 15.6. The summed E-state index contributed by atoms with van der Waals surface area (Å²) in [5.74, 6) is 4.11. The van der Waals surface area contributed by atoms with E-state index < -0.39 is 18.3 Å². The third kappa shape index (κ3) is 28.8. The van der Waals surface area contributed by atoms with E-state index in [2.05, 4.69) is 41.7 Å². The Morgan fingerprint density at radius 1 is 0.312 bits per heavy atom. The standard InChI is InChI=1S/C40H61N3O12.C28H28O6.C4H11NO2/c44-19-13-41(14-20-45)25-34(50)28-53-37-7-1-31(2-8-37)40(32-3-9-38(10-4-32)54-29-35(51)26-42(15-21-46)16-22-47)33-5-11-39(12-6-33)55-30-36(52)27-43(17-23-48)18-24-49;1-7-22(29-13-25-16-32-25)8-2-19(1)28(20-3-9-23(10-4-20)30-14-26-17-33-26)21-5-11-24(12-6-21)31-15-27-18-34-27;6-3-1-5-2-4-7/h1-12,34-36,40,44-52H,13-30H2;1-12,25-28H,13-18H2;5-7H,1-4H2. The number of nitrogens with zero attached hydrogens (tertiary/aromatic N) is 3. The lowest BCUT2D eigenvalue weighted by atomic mass is 9.85. The first-order valence-corrected chi connectivity index (χ1v) is 32.9. The normalized spacial score (nSPS) is 16.9. The van der Waals surface area contributed by atoms with Gasteiger partial charge in [0.05, 0.1) is 72.7 Å². The minimum Gasteiger partial charge on any atom is -0.491 e. The molecule has 0 bridgehead atoms. The molecule has 12 N–H and O–H groups in total. The summed E-state index contributed by atoms with van der Waals surface area (Å²) in [6, 6.07) is 47.7. The van der Waals surface area contributed by atoms with Gasteiger partial charge in [0.15, 0.2) is 0 Å². The summed E-state index contributed by atoms with van der Waals surface area (Å²) in [4.78, 5) is 5.28. The second kappa shape index (κ2) is 43.6. The van der Waals surface area contributed by atoms with Crippen LogP contribution in [0.15, 0.2) is 146 Å². The molecule has 6 atom stereocenters. The lowest BCUT2D eigenvalue weighted by molar-refractivity contribution is 0.0550. The highest BCUT2D eigenvalue weighted by molar-refractivity contribution is 5.49. The van der Waals surface area contributed by atoms with Crippen LogP contribution in [0.4, 0.5) is 0 Å². The zero-order chi connectivity index (χ0) is 68.1. The Morgan fingerprint density at radius 3 is 0.688 bits per heavy atom. The molecule has 6 aromatic carbocycles. The highest BCUT2D eigenvalue weighted by Crippen LogP contribution is 2.37. The van der Waals surface area contributed by atoms with E-state index in [-0.39, 0.29) is 122 Å². The number of ether oxygens (including phenoxy) is 9. The van der Waals surface area contributed by atoms with E-state index in [0.29, 0.717) is 89.4 Å². The molecule has 0 aliphatic carbocycles. The molecule has 24 heteroatoms. The molecule has 3 fully saturated rings. The maximum absolute atomic E-state index is 10.5. The number of rotatable bonds is 46. The number of hydrogen-bond acceptors (Lipinski definition) is 24. The summed E-state index contributed by atoms with van der Waals surface area (Å²) in [7, 11) is 0. The van der Waals surface area contributed by atoms with Gasteiger partial charge in [0.1, 0.15) is 111 Å². The molecule has 24 nitrogen and oxygen atoms in total. The van der Waals surface area contributed by atoms with Gasteiger partial charge in [-0.1, -0.05) is 72.8 Å². The molecular weight excluding hydrogens is 1240 g/mol. The Balaban J connectivity index is 0.000000266. The van der Waals surface area contributed by atoms with Crippen LogP contribution in [0.2, 0.25) is 0 Å². The predicted octanol–water partition coefficient (Wildman–Crippen LogP) is 1.71. The molecule has 6 aromatic rings. The molecule has 528 valence electrons. The van der Waals surface area contributed by atoms with E-state index in [0.717, 1.165) is 53.8 Å². The van der Waals surface area contributed by atoms with E-state index in [1.807, 2.05) is 109 Å². The first kappa shape index (κ1) is 76.8. The van der Waals surface area contributed by atoms with Crippen molar-refractivity contribution >= 4 is 0 Å². The van der Waals surface area contributed by atoms with E-state index in [9.17, 15) is 46.0 Å². The van der Waals surface area contributed by atoms with Crippen molar-refractivity contribution in [2.75, 3.05) is 184 Å². The Labute approximate surface area is 562 Å². The molecule has 0 aromatic heterocycles. The molecule has 0 spiro atoms. The number of hydrogen-bond donors (Lipinski definition) is 12. The first-order chi connectivity index (χ1) is 46.9. The average molecular weight is 1340 g/mol. The molecule has 96 heavy (non-hydrogen) atoms. The van der Waals surface area contributed by atoms with Crippen molar-refractivity contribution < 1.29 is 98.8 Å². The number of nitrogens with one attached hydrogen (secondary N) is 1. The summed E-state index contributed by atoms with van der Waals surface area (Å²) in [6.07, 6.45) is -1.75. The molecule has 0 amide bonds. The van der Waals surface area contributed by atoms with Gasteiger partial charge < -0.3 is 104 Å². The van der Waals surface area contributed by atoms with Crippen molar-refractivity contribution in [1.29, 1.82) is 0 Å². The number of epoxide rings is 3. The molecule has 3 aliphatic heterocycles. The summed E-state index contributed by atoms with van der Waals surface area (Å²) >= 11 is 0. The highest BCUT2D eigenvalue weighted by Gasteiger charge is 2.27. The van der Waals surface area contributed by atoms with Gasteiger partial charge in [0.25, 0.3) is 0 Å². The lowest BCUT2D eigenvalue weighted by Crippen LogP contribution is -2.38. The maximum atomic E-state index is 10.5. The Kier molecular flexibility index (Phi) is 34.9. The number of aliphatic hydroxyl groups excluding tert-OH is 11. The zero-order valence-electron chi connectivity index (χ0n) is 54.7. The highest BCUT2D eigenvalue weighted by atomic mass is 16.6. The van der Waals surface area contributed by atoms with Crippen molar-refractivity contribution in [2.24, 2.45) is 0 Å². The van der Waals surface area contributed by atoms with Crippen molar-refractivity contribution in [3.8, 4) is 34.5 Å². The van der Waals surface area contributed by atoms with Crippen LogP contribution in [0.25, 0.3) is 0 Å². The second-order valence-corrected chi connectivity index (χ2v) is 23.4. The van der Waals surface area contributed by atoms with Gasteiger partial charge in [0.2, 0.25) is 0 Å². The van der Waals surface area contributed by atoms with Crippen LogP contribution in [0.3, 0.4) is 0 Å². The molecule has 9 rings (SSSR count). The van der Waals surface area contributed by atoms with E-state index in [1.165, 1.54) is 16.7 Å². The molecule has 6 unspecified atom stereocenters. The number of benzene rings is 6. The smallest absolute Gasteiger partial charge is 0.119 e. The van der Waals surface area contributed by atoms with Crippen molar-refractivity contribution in [2.45, 2.75) is 48.5 Å². The first-order valence-electron chi connectivity index (χ1n) is 32.9. The monoisotopic (exact) mass is 1340 g/mol. The number of aliphatic hydroxyl groups is 11. The largest absolute Gasteiger partial charge is 0.491 e. The van der Waals surface area contributed by atoms with Crippen molar-refractivity contribution in [3.05, 3.63) is 179 Å². The molecule has 3 heterocycles. The van der Waals surface area contributed by atoms with Gasteiger partial charge in [0, 0.05) is 83.8 Å². The summed E-state index contributed by atoms with van der Waals surface area (Å²) in [6.45, 7) is 7.96. The fraction of sp³-hybridized carbons (Fsp3) is 0.500. The van der Waals surface area contributed by atoms with Crippen molar-refractivity contribution in [1.82, 2.24) is 20.0 Å². The Hall–Kier alpha value is -6.60. The minimum atomic E-state index is -0.825. The van der Waals surface area contributed by atoms with Crippen molar-refractivity contribution in [3.63, 3.8) is 0 Å². The SMILES string of the molecule is OCCN(CCO)CC(O)COc1ccc(C(c2ccc(OCC(O)CN(CCO)CCO)cc2)c2ccc(OCC(O)CN(CCO)CCO)cc2)cc1.OCCNCCO.c1cc(C(c2ccc(OCC3CO3)cc2)c2ccc(OCC3CO3)cc2)ccc1OCC1CO1. The molecule has 3 saturated heterocycles. The van der Waals surface area contributed by atoms with Crippen LogP contribution >= 0.6 is 0 Å². The van der Waals surface area contributed by atoms with Crippen LogP contribution in [0, 0.1) is 0 Å². The van der Waals surface area contributed by atoms with Gasteiger partial charge >= 0.3 is 0 Å². The zero-order valence-corrected chi connectivity index (χ0v) is 54.7. The third-order valence-corrected chi connectivity index (χ3v) is 15.6. The fourth-order valence-electron chi connectivity index (χ4n) is 10.4. The van der Waals surface area contributed by atoms with Crippen LogP contribution in [0.1, 0.15) is 45.2 Å². The van der Waals surface area contributed by atoms with Gasteiger partial charge in [-0.2, -0.15) is 0 Å². The minimum absolute atomic E-state index is 0.0320. The summed E-state index contributed by atoms with van der Waals surface area (Å²) in [5.41, 5.74) is 6.44. The van der Waals surface area contributed by atoms with Crippen LogP contribution in [-0.2, 0) is 14.2 Å². The van der Waals surface area contributed by atoms with Crippen LogP contribution in [0.5, 0.6) is 34.5 Å². The molecule has 3 aliphatic rings. The molecular formula is C72H100N4O20. The Morgan fingerprint density at radius 2 is 0.510 bits per heavy atom. The van der Waals surface area contributed by atoms with Crippen LogP contribution in [-0.4, -0.2) is 292 Å². The quantitative estimate of drug-likeness (QED) is 0.0147. The van der Waals surface area contributed by atoms with Gasteiger partial charge in [-0.05, 0) is 106 Å². The van der Waals surface area contributed by atoms with Gasteiger partial charge in [-0.15, -0.1) is 0 Å². The van der Waals surface area contributed by atoms with Gasteiger partial charge in [-0.25, -0.2) is 0 Å². The van der Waals surface area contributed by atoms with Gasteiger partial charge in [-0.3, -0.25) is 14.7 Å². The fourth-order valence-corrected chi connectivity index (χ4v) is 10.4. The van der Waals surface area contributed by atoms with E-state index >= 15 is 0 Å².